The Hall–Kier alpha value is -0.580. The molecule has 1 aromatic carbocycles. The van der Waals surface area contributed by atoms with Crippen molar-refractivity contribution in [2.45, 2.75) is 13.8 Å². The standard InChI is InChI=1S/C8H9Cl.H3NO2S/c1-6-3-4-8(9)5-7(6)2;1-4(2)3/h3-5H,1-2H3;4H,(H2,1,2,3). The molecule has 0 amide bonds. The maximum atomic E-state index is 8.81. The van der Waals surface area contributed by atoms with Crippen LogP contribution in [0.3, 0.4) is 0 Å². The average Bonchev–Trinajstić information content (AvgIpc) is 1.96. The van der Waals surface area contributed by atoms with Gasteiger partial charge in [-0.15, -0.1) is 0 Å². The number of benzene rings is 1. The lowest BCUT2D eigenvalue weighted by atomic mass is 10.1. The quantitative estimate of drug-likeness (QED) is 0.652. The van der Waals surface area contributed by atoms with Gasteiger partial charge in [-0.1, -0.05) is 17.7 Å². The Kier molecular flexibility index (Phi) is 5.70. The van der Waals surface area contributed by atoms with Gasteiger partial charge in [0.2, 0.25) is 0 Å². The van der Waals surface area contributed by atoms with Crippen molar-refractivity contribution >= 4 is 22.5 Å². The molecule has 0 saturated carbocycles. The van der Waals surface area contributed by atoms with Gasteiger partial charge in [-0.25, -0.2) is 13.6 Å². The first-order valence-corrected chi connectivity index (χ1v) is 5.18. The molecule has 1 aromatic rings. The molecule has 0 atom stereocenters. The minimum atomic E-state index is -2.62. The summed E-state index contributed by atoms with van der Waals surface area (Å²) >= 11 is 5.72. The van der Waals surface area contributed by atoms with Crippen molar-refractivity contribution in [1.82, 2.24) is 0 Å². The molecule has 0 bridgehead atoms. The number of hydrogen-bond donors (Lipinski definition) is 2. The highest BCUT2D eigenvalue weighted by molar-refractivity contribution is 7.69. The Morgan fingerprint density at radius 1 is 1.23 bits per heavy atom. The Balaban J connectivity index is 0.000000310. The van der Waals surface area contributed by atoms with Crippen molar-refractivity contribution in [3.63, 3.8) is 0 Å². The van der Waals surface area contributed by atoms with E-state index in [2.05, 4.69) is 19.0 Å². The van der Waals surface area contributed by atoms with E-state index in [1.807, 2.05) is 18.2 Å². The molecular formula is C8H12ClNO2S. The van der Waals surface area contributed by atoms with Gasteiger partial charge in [0.1, 0.15) is 0 Å². The number of nitrogens with two attached hydrogens (primary N) is 1. The van der Waals surface area contributed by atoms with Crippen LogP contribution in [0.2, 0.25) is 5.02 Å². The molecule has 0 heterocycles. The Labute approximate surface area is 84.6 Å². The first-order chi connectivity index (χ1) is 5.93. The van der Waals surface area contributed by atoms with Crippen molar-refractivity contribution in [2.24, 2.45) is 5.14 Å². The SMILES string of the molecule is Cc1ccc(Cl)cc1C.N[SH](=O)=O. The van der Waals surface area contributed by atoms with Gasteiger partial charge < -0.3 is 0 Å². The highest BCUT2D eigenvalue weighted by atomic mass is 35.5. The van der Waals surface area contributed by atoms with E-state index in [1.165, 1.54) is 11.1 Å². The third-order valence-electron chi connectivity index (χ3n) is 1.47. The Morgan fingerprint density at radius 3 is 2.00 bits per heavy atom. The van der Waals surface area contributed by atoms with Gasteiger partial charge in [0.15, 0.2) is 10.9 Å². The summed E-state index contributed by atoms with van der Waals surface area (Å²) in [6.07, 6.45) is 0. The van der Waals surface area contributed by atoms with Gasteiger partial charge in [-0.3, -0.25) is 0 Å². The molecule has 0 aromatic heterocycles. The molecule has 13 heavy (non-hydrogen) atoms. The fourth-order valence-electron chi connectivity index (χ4n) is 0.705. The lowest BCUT2D eigenvalue weighted by Gasteiger charge is -1.97. The normalized spacial score (nSPS) is 9.31. The topological polar surface area (TPSA) is 60.2 Å². The smallest absolute Gasteiger partial charge is 0.198 e. The van der Waals surface area contributed by atoms with Crippen LogP contribution < -0.4 is 5.14 Å². The molecule has 3 nitrogen and oxygen atoms in total. The second-order valence-electron chi connectivity index (χ2n) is 2.51. The minimum Gasteiger partial charge on any atom is -0.231 e. The van der Waals surface area contributed by atoms with Crippen LogP contribution in [0.25, 0.3) is 0 Å². The highest BCUT2D eigenvalue weighted by Gasteiger charge is 1.90. The molecule has 1 rings (SSSR count). The van der Waals surface area contributed by atoms with E-state index in [9.17, 15) is 0 Å². The number of thiol groups is 1. The van der Waals surface area contributed by atoms with Crippen LogP contribution in [0.1, 0.15) is 11.1 Å². The zero-order valence-corrected chi connectivity index (χ0v) is 9.10. The molecular weight excluding hydrogens is 210 g/mol. The number of hydrogen-bond acceptors (Lipinski definition) is 2. The summed E-state index contributed by atoms with van der Waals surface area (Å²) in [5, 5.41) is 4.88. The van der Waals surface area contributed by atoms with E-state index < -0.39 is 10.9 Å². The summed E-state index contributed by atoms with van der Waals surface area (Å²) in [7, 11) is -2.62. The van der Waals surface area contributed by atoms with E-state index in [-0.39, 0.29) is 0 Å². The fraction of sp³-hybridized carbons (Fsp3) is 0.250. The second kappa shape index (κ2) is 5.96. The Bertz CT molecular complexity index is 342. The van der Waals surface area contributed by atoms with Gasteiger partial charge in [-0.2, -0.15) is 0 Å². The molecule has 5 heteroatoms. The summed E-state index contributed by atoms with van der Waals surface area (Å²) in [4.78, 5) is 0. The van der Waals surface area contributed by atoms with Crippen molar-refractivity contribution in [3.8, 4) is 0 Å². The molecule has 0 aliphatic rings. The summed E-state index contributed by atoms with van der Waals surface area (Å²) < 4.78 is 17.6. The molecule has 2 N–H and O–H groups in total. The lowest BCUT2D eigenvalue weighted by molar-refractivity contribution is 0.616. The summed E-state index contributed by atoms with van der Waals surface area (Å²) in [6, 6.07) is 5.90. The zero-order valence-electron chi connectivity index (χ0n) is 7.45. The van der Waals surface area contributed by atoms with Gasteiger partial charge in [-0.05, 0) is 37.1 Å². The van der Waals surface area contributed by atoms with E-state index >= 15 is 0 Å². The average molecular weight is 222 g/mol. The first kappa shape index (κ1) is 12.4. The molecule has 0 aliphatic heterocycles. The zero-order chi connectivity index (χ0) is 10.4. The van der Waals surface area contributed by atoms with Gasteiger partial charge >= 0.3 is 0 Å². The predicted octanol–water partition coefficient (Wildman–Crippen LogP) is 1.43. The maximum absolute atomic E-state index is 8.81. The fourth-order valence-corrected chi connectivity index (χ4v) is 0.931. The van der Waals surface area contributed by atoms with Crippen molar-refractivity contribution in [1.29, 1.82) is 0 Å². The largest absolute Gasteiger partial charge is 0.231 e. The van der Waals surface area contributed by atoms with E-state index in [1.54, 1.807) is 0 Å². The number of aryl methyl sites for hydroxylation is 2. The molecule has 0 saturated heterocycles. The maximum Gasteiger partial charge on any atom is 0.198 e. The van der Waals surface area contributed by atoms with Crippen molar-refractivity contribution < 1.29 is 8.42 Å². The monoisotopic (exact) mass is 221 g/mol. The second-order valence-corrected chi connectivity index (χ2v) is 3.52. The molecule has 0 fully saturated rings. The summed E-state index contributed by atoms with van der Waals surface area (Å²) in [5.41, 5.74) is 2.54. The van der Waals surface area contributed by atoms with Crippen LogP contribution in [-0.4, -0.2) is 8.42 Å². The summed E-state index contributed by atoms with van der Waals surface area (Å²) in [5.74, 6) is 0. The molecule has 74 valence electrons. The van der Waals surface area contributed by atoms with E-state index in [0.29, 0.717) is 0 Å². The van der Waals surface area contributed by atoms with Crippen molar-refractivity contribution in [3.05, 3.63) is 34.3 Å². The van der Waals surface area contributed by atoms with Gasteiger partial charge in [0, 0.05) is 5.02 Å². The van der Waals surface area contributed by atoms with Crippen LogP contribution in [0.15, 0.2) is 18.2 Å². The summed E-state index contributed by atoms with van der Waals surface area (Å²) in [6.45, 7) is 4.13. The van der Waals surface area contributed by atoms with Crippen LogP contribution in [0.5, 0.6) is 0 Å². The van der Waals surface area contributed by atoms with Gasteiger partial charge in [0.25, 0.3) is 0 Å². The Morgan fingerprint density at radius 2 is 1.69 bits per heavy atom. The van der Waals surface area contributed by atoms with Crippen LogP contribution in [0, 0.1) is 13.8 Å². The lowest BCUT2D eigenvalue weighted by Crippen LogP contribution is -1.85. The molecule has 0 spiro atoms. The van der Waals surface area contributed by atoms with E-state index in [4.69, 9.17) is 20.0 Å². The van der Waals surface area contributed by atoms with Crippen LogP contribution in [-0.2, 0) is 10.9 Å². The third kappa shape index (κ3) is 6.57. The molecule has 0 unspecified atom stereocenters. The van der Waals surface area contributed by atoms with E-state index in [0.717, 1.165) is 5.02 Å². The van der Waals surface area contributed by atoms with Crippen LogP contribution >= 0.6 is 11.6 Å². The number of halogens is 1. The predicted molar refractivity (Wildman–Crippen MR) is 55.4 cm³/mol. The van der Waals surface area contributed by atoms with Gasteiger partial charge in [0.05, 0.1) is 0 Å². The minimum absolute atomic E-state index is 0.818. The third-order valence-corrected chi connectivity index (χ3v) is 1.70. The first-order valence-electron chi connectivity index (χ1n) is 3.55. The van der Waals surface area contributed by atoms with Crippen LogP contribution in [0.4, 0.5) is 0 Å². The highest BCUT2D eigenvalue weighted by Crippen LogP contribution is 2.13. The van der Waals surface area contributed by atoms with Crippen molar-refractivity contribution in [2.75, 3.05) is 0 Å². The number of rotatable bonds is 0. The molecule has 0 radical (unpaired) electrons. The molecule has 0 aliphatic carbocycles.